The third kappa shape index (κ3) is 3.37. The number of nitrogens with zero attached hydrogens (tertiary/aromatic N) is 2. The van der Waals surface area contributed by atoms with Crippen LogP contribution in [0.5, 0.6) is 0 Å². The summed E-state index contributed by atoms with van der Waals surface area (Å²) in [6.45, 7) is 11.5. The zero-order valence-corrected chi connectivity index (χ0v) is 11.3. The van der Waals surface area contributed by atoms with Gasteiger partial charge >= 0.3 is 6.09 Å². The lowest BCUT2D eigenvalue weighted by atomic mass is 10.1. The molecule has 0 N–H and O–H groups in total. The summed E-state index contributed by atoms with van der Waals surface area (Å²) < 4.78 is 5.40. The number of hydrogen-bond donors (Lipinski definition) is 0. The number of carbonyl (C=O) groups is 1. The lowest BCUT2D eigenvalue weighted by Crippen LogP contribution is -2.57. The van der Waals surface area contributed by atoms with Gasteiger partial charge in [0, 0.05) is 25.2 Å². The molecule has 4 nitrogen and oxygen atoms in total. The van der Waals surface area contributed by atoms with E-state index in [1.54, 1.807) is 0 Å². The minimum Gasteiger partial charge on any atom is -0.444 e. The smallest absolute Gasteiger partial charge is 0.410 e. The Morgan fingerprint density at radius 1 is 1.19 bits per heavy atom. The summed E-state index contributed by atoms with van der Waals surface area (Å²) in [4.78, 5) is 16.1. The summed E-state index contributed by atoms with van der Waals surface area (Å²) in [5.74, 6) is 0. The van der Waals surface area contributed by atoms with Crippen molar-refractivity contribution < 1.29 is 9.53 Å². The average molecular weight is 228 g/mol. The Balaban J connectivity index is 2.62. The highest BCUT2D eigenvalue weighted by Gasteiger charge is 2.32. The first-order valence-corrected chi connectivity index (χ1v) is 5.90. The van der Waals surface area contributed by atoms with Crippen molar-refractivity contribution in [1.82, 2.24) is 9.80 Å². The molecule has 4 heteroatoms. The predicted molar refractivity (Wildman–Crippen MR) is 64.5 cm³/mol. The van der Waals surface area contributed by atoms with Crippen LogP contribution in [-0.2, 0) is 4.74 Å². The first-order chi connectivity index (χ1) is 7.20. The fourth-order valence-electron chi connectivity index (χ4n) is 1.87. The lowest BCUT2D eigenvalue weighted by Gasteiger charge is -2.42. The van der Waals surface area contributed by atoms with Gasteiger partial charge in [-0.15, -0.1) is 0 Å². The van der Waals surface area contributed by atoms with Gasteiger partial charge in [0.15, 0.2) is 0 Å². The Morgan fingerprint density at radius 3 is 2.25 bits per heavy atom. The van der Waals surface area contributed by atoms with Crippen molar-refractivity contribution >= 4 is 6.09 Å². The second kappa shape index (κ2) is 4.62. The van der Waals surface area contributed by atoms with Crippen LogP contribution >= 0.6 is 0 Å². The first-order valence-electron chi connectivity index (χ1n) is 5.90. The number of ether oxygens (including phenoxy) is 1. The van der Waals surface area contributed by atoms with Gasteiger partial charge in [-0.05, 0) is 41.7 Å². The van der Waals surface area contributed by atoms with E-state index in [1.165, 1.54) is 0 Å². The van der Waals surface area contributed by atoms with Crippen molar-refractivity contribution in [2.24, 2.45) is 0 Å². The molecule has 0 aromatic carbocycles. The van der Waals surface area contributed by atoms with Crippen LogP contribution in [-0.4, -0.2) is 53.7 Å². The monoisotopic (exact) mass is 228 g/mol. The van der Waals surface area contributed by atoms with Gasteiger partial charge in [0.25, 0.3) is 0 Å². The summed E-state index contributed by atoms with van der Waals surface area (Å²) in [5.41, 5.74) is -0.413. The Hall–Kier alpha value is -0.770. The SMILES string of the molecule is C[C@@H]1CN(C)[C@@H](C)CN1C(=O)OC(C)(C)C. The fraction of sp³-hybridized carbons (Fsp3) is 0.917. The molecular formula is C12H24N2O2. The topological polar surface area (TPSA) is 32.8 Å². The summed E-state index contributed by atoms with van der Waals surface area (Å²) in [6.07, 6.45) is -0.194. The van der Waals surface area contributed by atoms with E-state index in [1.807, 2.05) is 25.7 Å². The van der Waals surface area contributed by atoms with Gasteiger partial charge in [-0.1, -0.05) is 0 Å². The van der Waals surface area contributed by atoms with Gasteiger partial charge in [-0.2, -0.15) is 0 Å². The van der Waals surface area contributed by atoms with Gasteiger partial charge in [0.1, 0.15) is 5.60 Å². The van der Waals surface area contributed by atoms with Crippen LogP contribution in [0.2, 0.25) is 0 Å². The Morgan fingerprint density at radius 2 is 1.75 bits per heavy atom. The van der Waals surface area contributed by atoms with Crippen molar-refractivity contribution in [1.29, 1.82) is 0 Å². The van der Waals surface area contributed by atoms with E-state index in [-0.39, 0.29) is 12.1 Å². The maximum Gasteiger partial charge on any atom is 0.410 e. The molecule has 1 saturated heterocycles. The van der Waals surface area contributed by atoms with E-state index in [2.05, 4.69) is 25.8 Å². The molecule has 0 aliphatic carbocycles. The van der Waals surface area contributed by atoms with E-state index < -0.39 is 5.60 Å². The predicted octanol–water partition coefficient (Wildman–Crippen LogP) is 1.95. The normalized spacial score (nSPS) is 28.0. The molecule has 1 heterocycles. The number of piperazine rings is 1. The maximum atomic E-state index is 12.0. The molecule has 0 saturated carbocycles. The van der Waals surface area contributed by atoms with Crippen LogP contribution in [0.4, 0.5) is 4.79 Å². The summed E-state index contributed by atoms with van der Waals surface area (Å²) >= 11 is 0. The number of rotatable bonds is 0. The van der Waals surface area contributed by atoms with Crippen LogP contribution in [0.3, 0.4) is 0 Å². The zero-order valence-electron chi connectivity index (χ0n) is 11.3. The molecule has 16 heavy (non-hydrogen) atoms. The number of carbonyl (C=O) groups excluding carboxylic acids is 1. The molecule has 1 aliphatic heterocycles. The van der Waals surface area contributed by atoms with E-state index in [9.17, 15) is 4.79 Å². The molecule has 0 spiro atoms. The van der Waals surface area contributed by atoms with Gasteiger partial charge in [-0.3, -0.25) is 4.90 Å². The maximum absolute atomic E-state index is 12.0. The molecule has 94 valence electrons. The van der Waals surface area contributed by atoms with Crippen molar-refractivity contribution in [2.45, 2.75) is 52.3 Å². The van der Waals surface area contributed by atoms with Crippen LogP contribution in [0.15, 0.2) is 0 Å². The summed E-state index contributed by atoms with van der Waals surface area (Å²) in [7, 11) is 2.09. The Kier molecular flexibility index (Phi) is 3.84. The largest absolute Gasteiger partial charge is 0.444 e. The fourth-order valence-corrected chi connectivity index (χ4v) is 1.87. The molecule has 0 radical (unpaired) electrons. The summed E-state index contributed by atoms with van der Waals surface area (Å²) in [5, 5.41) is 0. The van der Waals surface area contributed by atoms with Gasteiger partial charge in [-0.25, -0.2) is 4.79 Å². The van der Waals surface area contributed by atoms with Gasteiger partial charge in [0.2, 0.25) is 0 Å². The van der Waals surface area contributed by atoms with Gasteiger partial charge in [0.05, 0.1) is 0 Å². The third-order valence-electron chi connectivity index (χ3n) is 2.93. The minimum absolute atomic E-state index is 0.194. The highest BCUT2D eigenvalue weighted by Crippen LogP contribution is 2.17. The van der Waals surface area contributed by atoms with E-state index in [4.69, 9.17) is 4.74 Å². The molecule has 0 aromatic heterocycles. The Labute approximate surface area is 98.5 Å². The molecule has 2 atom stereocenters. The van der Waals surface area contributed by atoms with Crippen LogP contribution in [0, 0.1) is 0 Å². The highest BCUT2D eigenvalue weighted by atomic mass is 16.6. The number of amides is 1. The van der Waals surface area contributed by atoms with Crippen molar-refractivity contribution in [3.05, 3.63) is 0 Å². The van der Waals surface area contributed by atoms with E-state index in [0.717, 1.165) is 13.1 Å². The molecule has 0 bridgehead atoms. The molecule has 1 amide bonds. The van der Waals surface area contributed by atoms with Gasteiger partial charge < -0.3 is 9.64 Å². The highest BCUT2D eigenvalue weighted by molar-refractivity contribution is 5.68. The standard InChI is InChI=1S/C12H24N2O2/c1-9-8-14(10(2)7-13(9)6)11(15)16-12(3,4)5/h9-10H,7-8H2,1-6H3/t9-,10+/m0/s1. The van der Waals surface area contributed by atoms with Crippen LogP contribution in [0.1, 0.15) is 34.6 Å². The summed E-state index contributed by atoms with van der Waals surface area (Å²) in [6, 6.07) is 0.611. The van der Waals surface area contributed by atoms with E-state index in [0.29, 0.717) is 6.04 Å². The third-order valence-corrected chi connectivity index (χ3v) is 2.93. The first kappa shape index (κ1) is 13.3. The number of hydrogen-bond acceptors (Lipinski definition) is 3. The lowest BCUT2D eigenvalue weighted by molar-refractivity contribution is -0.00532. The second-order valence-corrected chi connectivity index (χ2v) is 5.77. The Bertz CT molecular complexity index is 260. The minimum atomic E-state index is -0.413. The molecule has 0 unspecified atom stereocenters. The van der Waals surface area contributed by atoms with Crippen LogP contribution < -0.4 is 0 Å². The van der Waals surface area contributed by atoms with Crippen molar-refractivity contribution in [3.8, 4) is 0 Å². The second-order valence-electron chi connectivity index (χ2n) is 5.77. The van der Waals surface area contributed by atoms with Crippen molar-refractivity contribution in [3.63, 3.8) is 0 Å². The molecule has 0 aromatic rings. The van der Waals surface area contributed by atoms with Crippen LogP contribution in [0.25, 0.3) is 0 Å². The molecular weight excluding hydrogens is 204 g/mol. The van der Waals surface area contributed by atoms with E-state index >= 15 is 0 Å². The average Bonchev–Trinajstić information content (AvgIpc) is 2.08. The molecule has 1 fully saturated rings. The number of likely N-dealkylation sites (N-methyl/N-ethyl adjacent to an activating group) is 1. The van der Waals surface area contributed by atoms with Crippen molar-refractivity contribution in [2.75, 3.05) is 20.1 Å². The zero-order chi connectivity index (χ0) is 12.5. The molecule has 1 aliphatic rings. The molecule has 1 rings (SSSR count). The quantitative estimate of drug-likeness (QED) is 0.635.